The Hall–Kier alpha value is -0.0400. The maximum atomic E-state index is 3.50. The standard InChI is InChI=1S/C13H27N/c1-11(2)12(3)6-4-7-13-8-5-9-14-10-13/h11-14H,4-10H2,1-3H3. The first kappa shape index (κ1) is 12.0. The van der Waals surface area contributed by atoms with Gasteiger partial charge in [-0.3, -0.25) is 0 Å². The third-order valence-corrected chi connectivity index (χ3v) is 3.81. The minimum absolute atomic E-state index is 0.861. The third kappa shape index (κ3) is 4.45. The maximum absolute atomic E-state index is 3.50. The van der Waals surface area contributed by atoms with Crippen LogP contribution in [-0.2, 0) is 0 Å². The Morgan fingerprint density at radius 1 is 1.29 bits per heavy atom. The van der Waals surface area contributed by atoms with Crippen molar-refractivity contribution >= 4 is 0 Å². The van der Waals surface area contributed by atoms with Gasteiger partial charge in [0, 0.05) is 0 Å². The summed E-state index contributed by atoms with van der Waals surface area (Å²) in [6.07, 6.45) is 7.16. The molecule has 0 saturated carbocycles. The molecule has 14 heavy (non-hydrogen) atoms. The Morgan fingerprint density at radius 2 is 2.07 bits per heavy atom. The van der Waals surface area contributed by atoms with Crippen molar-refractivity contribution < 1.29 is 0 Å². The van der Waals surface area contributed by atoms with Crippen molar-refractivity contribution in [2.24, 2.45) is 17.8 Å². The number of hydrogen-bond acceptors (Lipinski definition) is 1. The predicted molar refractivity (Wildman–Crippen MR) is 63.4 cm³/mol. The molecule has 1 fully saturated rings. The average molecular weight is 197 g/mol. The van der Waals surface area contributed by atoms with Crippen molar-refractivity contribution in [3.8, 4) is 0 Å². The summed E-state index contributed by atoms with van der Waals surface area (Å²) in [5, 5.41) is 3.50. The first-order valence-electron chi connectivity index (χ1n) is 6.41. The molecule has 1 nitrogen and oxygen atoms in total. The van der Waals surface area contributed by atoms with Gasteiger partial charge in [-0.25, -0.2) is 0 Å². The number of hydrogen-bond donors (Lipinski definition) is 1. The first-order chi connectivity index (χ1) is 6.70. The molecule has 0 aromatic carbocycles. The van der Waals surface area contributed by atoms with Gasteiger partial charge in [-0.1, -0.05) is 33.6 Å². The van der Waals surface area contributed by atoms with E-state index < -0.39 is 0 Å². The van der Waals surface area contributed by atoms with E-state index in [0.717, 1.165) is 17.8 Å². The summed E-state index contributed by atoms with van der Waals surface area (Å²) in [7, 11) is 0. The van der Waals surface area contributed by atoms with Gasteiger partial charge in [-0.2, -0.15) is 0 Å². The molecule has 1 N–H and O–H groups in total. The Kier molecular flexibility index (Phi) is 5.54. The quantitative estimate of drug-likeness (QED) is 0.712. The summed E-state index contributed by atoms with van der Waals surface area (Å²) >= 11 is 0. The molecule has 2 unspecified atom stereocenters. The molecule has 2 atom stereocenters. The Labute approximate surface area is 89.7 Å². The fourth-order valence-electron chi connectivity index (χ4n) is 2.23. The van der Waals surface area contributed by atoms with Crippen molar-refractivity contribution in [1.29, 1.82) is 0 Å². The van der Waals surface area contributed by atoms with Gasteiger partial charge in [0.1, 0.15) is 0 Å². The summed E-state index contributed by atoms with van der Waals surface area (Å²) in [6, 6.07) is 0. The highest BCUT2D eigenvalue weighted by atomic mass is 14.9. The van der Waals surface area contributed by atoms with E-state index in [1.807, 2.05) is 0 Å². The summed E-state index contributed by atoms with van der Waals surface area (Å²) in [5.41, 5.74) is 0. The lowest BCUT2D eigenvalue weighted by Crippen LogP contribution is -2.29. The molecule has 0 radical (unpaired) electrons. The van der Waals surface area contributed by atoms with Crippen LogP contribution < -0.4 is 5.32 Å². The molecule has 1 aliphatic rings. The van der Waals surface area contributed by atoms with E-state index in [0.29, 0.717) is 0 Å². The van der Waals surface area contributed by atoms with Crippen LogP contribution in [0, 0.1) is 17.8 Å². The van der Waals surface area contributed by atoms with Crippen LogP contribution in [0.25, 0.3) is 0 Å². The van der Waals surface area contributed by atoms with Crippen LogP contribution >= 0.6 is 0 Å². The van der Waals surface area contributed by atoms with Crippen molar-refractivity contribution in [2.45, 2.75) is 52.9 Å². The number of rotatable bonds is 5. The molecule has 1 saturated heterocycles. The zero-order valence-corrected chi connectivity index (χ0v) is 10.2. The SMILES string of the molecule is CC(C)C(C)CCCC1CCCNC1. The van der Waals surface area contributed by atoms with E-state index in [2.05, 4.69) is 26.1 Å². The van der Waals surface area contributed by atoms with Crippen molar-refractivity contribution in [1.82, 2.24) is 5.32 Å². The second-order valence-corrected chi connectivity index (χ2v) is 5.36. The summed E-state index contributed by atoms with van der Waals surface area (Å²) < 4.78 is 0. The summed E-state index contributed by atoms with van der Waals surface area (Å²) in [4.78, 5) is 0. The van der Waals surface area contributed by atoms with Crippen LogP contribution in [0.2, 0.25) is 0 Å². The molecule has 0 spiro atoms. The lowest BCUT2D eigenvalue weighted by molar-refractivity contribution is 0.318. The van der Waals surface area contributed by atoms with E-state index in [9.17, 15) is 0 Å². The average Bonchev–Trinajstić information content (AvgIpc) is 2.19. The molecular weight excluding hydrogens is 170 g/mol. The lowest BCUT2D eigenvalue weighted by atomic mass is 9.88. The second kappa shape index (κ2) is 6.44. The highest BCUT2D eigenvalue weighted by Gasteiger charge is 2.13. The Balaban J connectivity index is 2.02. The Bertz CT molecular complexity index is 136. The van der Waals surface area contributed by atoms with Gasteiger partial charge in [0.2, 0.25) is 0 Å². The molecule has 0 aliphatic carbocycles. The van der Waals surface area contributed by atoms with Gasteiger partial charge in [-0.15, -0.1) is 0 Å². The van der Waals surface area contributed by atoms with Gasteiger partial charge in [0.05, 0.1) is 0 Å². The maximum Gasteiger partial charge on any atom is -0.00205 e. The molecule has 0 bridgehead atoms. The molecule has 1 rings (SSSR count). The predicted octanol–water partition coefficient (Wildman–Crippen LogP) is 3.45. The Morgan fingerprint density at radius 3 is 2.64 bits per heavy atom. The van der Waals surface area contributed by atoms with E-state index >= 15 is 0 Å². The number of piperidine rings is 1. The van der Waals surface area contributed by atoms with Crippen molar-refractivity contribution in [3.63, 3.8) is 0 Å². The van der Waals surface area contributed by atoms with E-state index in [-0.39, 0.29) is 0 Å². The van der Waals surface area contributed by atoms with Gasteiger partial charge in [0.25, 0.3) is 0 Å². The van der Waals surface area contributed by atoms with Crippen LogP contribution in [0.15, 0.2) is 0 Å². The molecule has 84 valence electrons. The van der Waals surface area contributed by atoms with Gasteiger partial charge < -0.3 is 5.32 Å². The zero-order valence-electron chi connectivity index (χ0n) is 10.2. The molecule has 0 aromatic heterocycles. The van der Waals surface area contributed by atoms with Crippen LogP contribution in [-0.4, -0.2) is 13.1 Å². The van der Waals surface area contributed by atoms with Crippen molar-refractivity contribution in [2.75, 3.05) is 13.1 Å². The lowest BCUT2D eigenvalue weighted by Gasteiger charge is -2.23. The van der Waals surface area contributed by atoms with E-state index in [4.69, 9.17) is 0 Å². The topological polar surface area (TPSA) is 12.0 Å². The number of nitrogens with one attached hydrogen (secondary N) is 1. The molecule has 1 heteroatoms. The van der Waals surface area contributed by atoms with Crippen molar-refractivity contribution in [3.05, 3.63) is 0 Å². The van der Waals surface area contributed by atoms with Crippen LogP contribution in [0.3, 0.4) is 0 Å². The smallest absolute Gasteiger partial charge is 0.00205 e. The zero-order chi connectivity index (χ0) is 10.4. The van der Waals surface area contributed by atoms with Crippen LogP contribution in [0.4, 0.5) is 0 Å². The minimum Gasteiger partial charge on any atom is -0.316 e. The summed E-state index contributed by atoms with van der Waals surface area (Å²) in [6.45, 7) is 9.60. The van der Waals surface area contributed by atoms with Crippen LogP contribution in [0.5, 0.6) is 0 Å². The molecule has 0 aromatic rings. The van der Waals surface area contributed by atoms with Crippen LogP contribution in [0.1, 0.15) is 52.9 Å². The van der Waals surface area contributed by atoms with E-state index in [1.54, 1.807) is 0 Å². The fraction of sp³-hybridized carbons (Fsp3) is 1.00. The largest absolute Gasteiger partial charge is 0.316 e. The van der Waals surface area contributed by atoms with Gasteiger partial charge in [-0.05, 0) is 50.1 Å². The molecular formula is C13H27N. The minimum atomic E-state index is 0.861. The highest BCUT2D eigenvalue weighted by molar-refractivity contribution is 4.69. The monoisotopic (exact) mass is 197 g/mol. The first-order valence-corrected chi connectivity index (χ1v) is 6.41. The second-order valence-electron chi connectivity index (χ2n) is 5.36. The third-order valence-electron chi connectivity index (χ3n) is 3.81. The van der Waals surface area contributed by atoms with Gasteiger partial charge in [0.15, 0.2) is 0 Å². The normalized spacial score (nSPS) is 25.3. The summed E-state index contributed by atoms with van der Waals surface area (Å²) in [5.74, 6) is 2.74. The molecule has 0 amide bonds. The molecule has 1 heterocycles. The van der Waals surface area contributed by atoms with E-state index in [1.165, 1.54) is 45.2 Å². The highest BCUT2D eigenvalue weighted by Crippen LogP contribution is 2.21. The molecule has 1 aliphatic heterocycles. The fourth-order valence-corrected chi connectivity index (χ4v) is 2.23. The van der Waals surface area contributed by atoms with Gasteiger partial charge >= 0.3 is 0 Å².